The van der Waals surface area contributed by atoms with Gasteiger partial charge in [0.15, 0.2) is 0 Å². The van der Waals surface area contributed by atoms with Crippen LogP contribution in [0.2, 0.25) is 0 Å². The van der Waals surface area contributed by atoms with E-state index in [0.717, 1.165) is 0 Å². The van der Waals surface area contributed by atoms with Gasteiger partial charge in [0, 0.05) is 30.8 Å². The molecule has 80 valence electrons. The summed E-state index contributed by atoms with van der Waals surface area (Å²) in [5.41, 5.74) is -0.978. The molecule has 0 unspecified atom stereocenters. The van der Waals surface area contributed by atoms with Crippen molar-refractivity contribution in [2.24, 2.45) is 0 Å². The maximum atomic E-state index is 10.0. The predicted octanol–water partition coefficient (Wildman–Crippen LogP) is 2.71. The summed E-state index contributed by atoms with van der Waals surface area (Å²) in [7, 11) is 0. The van der Waals surface area contributed by atoms with Crippen molar-refractivity contribution in [3.8, 4) is 0 Å². The minimum Gasteiger partial charge on any atom is -0.313 e. The monoisotopic (exact) mass is 196 g/mol. The zero-order valence-corrected chi connectivity index (χ0v) is 9.76. The van der Waals surface area contributed by atoms with Gasteiger partial charge in [0.2, 0.25) is 5.54 Å². The molecule has 0 aromatic rings. The molecule has 1 rings (SSSR count). The van der Waals surface area contributed by atoms with Crippen molar-refractivity contribution in [1.82, 2.24) is 5.06 Å². The van der Waals surface area contributed by atoms with Crippen LogP contribution in [-0.4, -0.2) is 26.9 Å². The van der Waals surface area contributed by atoms with Gasteiger partial charge in [0.25, 0.3) is 0 Å². The van der Waals surface area contributed by atoms with Crippen LogP contribution in [0.5, 0.6) is 0 Å². The van der Waals surface area contributed by atoms with Gasteiger partial charge in [-0.05, 0) is 27.7 Å². The van der Waals surface area contributed by atoms with Crippen LogP contribution in [0.3, 0.4) is 0 Å². The maximum absolute atomic E-state index is 10.0. The van der Waals surface area contributed by atoms with E-state index in [1.165, 1.54) is 5.06 Å². The summed E-state index contributed by atoms with van der Waals surface area (Å²) in [6, 6.07) is 0. The van der Waals surface area contributed by atoms with Crippen LogP contribution < -0.4 is 0 Å². The second kappa shape index (κ2) is 2.95. The fraction of sp³-hybridized carbons (Fsp3) is 0.909. The first kappa shape index (κ1) is 11.5. The van der Waals surface area contributed by atoms with Crippen LogP contribution in [0.4, 0.5) is 0 Å². The third-order valence-electron chi connectivity index (χ3n) is 3.04. The number of hydrogen-bond acceptors (Lipinski definition) is 2. The van der Waals surface area contributed by atoms with Crippen LogP contribution in [0.15, 0.2) is 0 Å². The molecule has 1 aliphatic heterocycles. The van der Waals surface area contributed by atoms with E-state index in [0.29, 0.717) is 12.8 Å². The highest BCUT2D eigenvalue weighted by Crippen LogP contribution is 2.43. The Morgan fingerprint density at radius 1 is 1.07 bits per heavy atom. The summed E-state index contributed by atoms with van der Waals surface area (Å²) in [6.45, 7) is 17.2. The summed E-state index contributed by atoms with van der Waals surface area (Å²) < 4.78 is 0. The molecule has 3 nitrogen and oxygen atoms in total. The molecule has 0 bridgehead atoms. The molecule has 1 aliphatic rings. The molecular weight excluding hydrogens is 176 g/mol. The van der Waals surface area contributed by atoms with E-state index in [1.807, 2.05) is 34.6 Å². The third kappa shape index (κ3) is 1.77. The third-order valence-corrected chi connectivity index (χ3v) is 3.04. The Kier molecular flexibility index (Phi) is 2.42. The van der Waals surface area contributed by atoms with Gasteiger partial charge in [-0.15, -0.1) is 0 Å². The van der Waals surface area contributed by atoms with Crippen molar-refractivity contribution in [1.29, 1.82) is 0 Å². The fourth-order valence-corrected chi connectivity index (χ4v) is 2.97. The molecule has 0 aromatic carbocycles. The number of piperidine rings is 1. The van der Waals surface area contributed by atoms with Gasteiger partial charge < -0.3 is 10.1 Å². The van der Waals surface area contributed by atoms with Crippen molar-refractivity contribution in [3.63, 3.8) is 0 Å². The maximum Gasteiger partial charge on any atom is 0.233 e. The second-order valence-corrected chi connectivity index (χ2v) is 5.90. The molecule has 1 N–H and O–H groups in total. The summed E-state index contributed by atoms with van der Waals surface area (Å²) in [4.78, 5) is 3.72. The summed E-state index contributed by atoms with van der Waals surface area (Å²) in [5.74, 6) is 0. The van der Waals surface area contributed by atoms with E-state index in [4.69, 9.17) is 6.57 Å². The molecule has 0 aliphatic carbocycles. The molecule has 0 radical (unpaired) electrons. The summed E-state index contributed by atoms with van der Waals surface area (Å²) in [5, 5.41) is 11.4. The number of nitrogens with zero attached hydrogens (tertiary/aromatic N) is 2. The summed E-state index contributed by atoms with van der Waals surface area (Å²) in [6.07, 6.45) is 1.42. The minimum absolute atomic E-state index is 0.318. The molecule has 0 atom stereocenters. The fourth-order valence-electron chi connectivity index (χ4n) is 2.97. The van der Waals surface area contributed by atoms with E-state index in [2.05, 4.69) is 4.85 Å². The second-order valence-electron chi connectivity index (χ2n) is 5.90. The Bertz CT molecular complexity index is 258. The number of rotatable bonds is 0. The van der Waals surface area contributed by atoms with Crippen LogP contribution in [0, 0.1) is 6.57 Å². The minimum atomic E-state index is -0.341. The first-order chi connectivity index (χ1) is 6.13. The zero-order valence-electron chi connectivity index (χ0n) is 9.76. The Labute approximate surface area is 86.5 Å². The van der Waals surface area contributed by atoms with E-state index >= 15 is 0 Å². The molecule has 1 saturated heterocycles. The van der Waals surface area contributed by atoms with E-state index in [9.17, 15) is 5.21 Å². The molecule has 1 heterocycles. The smallest absolute Gasteiger partial charge is 0.233 e. The molecule has 3 heteroatoms. The van der Waals surface area contributed by atoms with Gasteiger partial charge in [-0.25, -0.2) is 6.57 Å². The zero-order chi connectivity index (χ0) is 11.2. The van der Waals surface area contributed by atoms with Crippen molar-refractivity contribution >= 4 is 0 Å². The van der Waals surface area contributed by atoms with Gasteiger partial charge in [-0.2, -0.15) is 5.06 Å². The lowest BCUT2D eigenvalue weighted by atomic mass is 9.72. The van der Waals surface area contributed by atoms with Crippen molar-refractivity contribution < 1.29 is 5.21 Å². The Hall–Kier alpha value is -0.590. The number of hydrogen-bond donors (Lipinski definition) is 1. The van der Waals surface area contributed by atoms with Gasteiger partial charge in [-0.3, -0.25) is 0 Å². The number of hydroxylamine groups is 2. The topological polar surface area (TPSA) is 27.8 Å². The molecule has 0 spiro atoms. The molecule has 1 fully saturated rings. The van der Waals surface area contributed by atoms with Gasteiger partial charge >= 0.3 is 0 Å². The lowest BCUT2D eigenvalue weighted by Crippen LogP contribution is -2.62. The van der Waals surface area contributed by atoms with E-state index in [1.54, 1.807) is 0 Å². The average molecular weight is 196 g/mol. The highest BCUT2D eigenvalue weighted by Gasteiger charge is 2.53. The van der Waals surface area contributed by atoms with Gasteiger partial charge in [0.05, 0.1) is 0 Å². The molecular formula is C11H20N2O. The molecule has 0 aromatic heterocycles. The van der Waals surface area contributed by atoms with Crippen LogP contribution in [-0.2, 0) is 0 Å². The highest BCUT2D eigenvalue weighted by molar-refractivity contribution is 5.10. The lowest BCUT2D eigenvalue weighted by Gasteiger charge is -2.51. The Balaban J connectivity index is 3.05. The largest absolute Gasteiger partial charge is 0.313 e. The molecule has 0 amide bonds. The van der Waals surface area contributed by atoms with Crippen LogP contribution in [0.25, 0.3) is 4.85 Å². The predicted molar refractivity (Wildman–Crippen MR) is 56.0 cm³/mol. The SMILES string of the molecule is [C-]#[N+]C1(C)CC(C)(C)N(O)C(C)(C)C1. The quantitative estimate of drug-likeness (QED) is 0.603. The standard InChI is InChI=1S/C11H20N2O/c1-9(2)7-11(5,12-6)8-10(3,4)13(9)14/h14H,7-8H2,1-5H3. The summed E-state index contributed by atoms with van der Waals surface area (Å²) >= 11 is 0. The Morgan fingerprint density at radius 3 is 1.71 bits per heavy atom. The molecule has 0 saturated carbocycles. The average Bonchev–Trinajstić information content (AvgIpc) is 1.99. The molecule has 14 heavy (non-hydrogen) atoms. The first-order valence-corrected chi connectivity index (χ1v) is 5.01. The van der Waals surface area contributed by atoms with Crippen molar-refractivity contribution in [2.45, 2.75) is 64.1 Å². The van der Waals surface area contributed by atoms with Crippen LogP contribution in [0.1, 0.15) is 47.5 Å². The lowest BCUT2D eigenvalue weighted by molar-refractivity contribution is -0.249. The Morgan fingerprint density at radius 2 is 1.43 bits per heavy atom. The highest BCUT2D eigenvalue weighted by atomic mass is 16.5. The van der Waals surface area contributed by atoms with E-state index < -0.39 is 0 Å². The van der Waals surface area contributed by atoms with Gasteiger partial charge in [-0.1, -0.05) is 0 Å². The first-order valence-electron chi connectivity index (χ1n) is 5.01. The van der Waals surface area contributed by atoms with Crippen molar-refractivity contribution in [3.05, 3.63) is 11.4 Å². The van der Waals surface area contributed by atoms with E-state index in [-0.39, 0.29) is 16.6 Å². The van der Waals surface area contributed by atoms with Crippen LogP contribution >= 0.6 is 0 Å². The van der Waals surface area contributed by atoms with Gasteiger partial charge in [0.1, 0.15) is 0 Å². The normalized spacial score (nSPS) is 29.5. The van der Waals surface area contributed by atoms with Crippen molar-refractivity contribution in [2.75, 3.05) is 0 Å².